The highest BCUT2D eigenvalue weighted by molar-refractivity contribution is 7.89. The molecular formula is C15H14Cl2N2O2S. The molecule has 2 aromatic carbocycles. The van der Waals surface area contributed by atoms with Crippen molar-refractivity contribution in [2.45, 2.75) is 4.90 Å². The zero-order valence-electron chi connectivity index (χ0n) is 11.5. The van der Waals surface area contributed by atoms with Crippen LogP contribution in [0.2, 0.25) is 10.0 Å². The number of hydrogen-bond donors (Lipinski definition) is 1. The lowest BCUT2D eigenvalue weighted by atomic mass is 10.2. The van der Waals surface area contributed by atoms with Crippen molar-refractivity contribution >= 4 is 39.4 Å². The monoisotopic (exact) mass is 356 g/mol. The molecule has 4 nitrogen and oxygen atoms in total. The average Bonchev–Trinajstić information content (AvgIpc) is 2.50. The van der Waals surface area contributed by atoms with Gasteiger partial charge in [0.1, 0.15) is 0 Å². The van der Waals surface area contributed by atoms with Crippen molar-refractivity contribution in [3.63, 3.8) is 0 Å². The zero-order chi connectivity index (χ0) is 16.0. The van der Waals surface area contributed by atoms with Gasteiger partial charge in [0.2, 0.25) is 10.0 Å². The molecule has 116 valence electrons. The number of nitrogens with zero attached hydrogens (tertiary/aromatic N) is 1. The normalized spacial score (nSPS) is 11.9. The molecule has 0 heterocycles. The molecule has 0 unspecified atom stereocenters. The Morgan fingerprint density at radius 2 is 1.82 bits per heavy atom. The summed E-state index contributed by atoms with van der Waals surface area (Å²) in [7, 11) is -3.49. The molecule has 0 fully saturated rings. The van der Waals surface area contributed by atoms with Crippen molar-refractivity contribution in [3.8, 4) is 0 Å². The van der Waals surface area contributed by atoms with E-state index in [0.717, 1.165) is 5.56 Å². The first-order valence-corrected chi connectivity index (χ1v) is 8.72. The van der Waals surface area contributed by atoms with E-state index in [9.17, 15) is 8.42 Å². The van der Waals surface area contributed by atoms with Gasteiger partial charge in [0, 0.05) is 23.3 Å². The molecule has 0 bridgehead atoms. The molecule has 0 aliphatic rings. The van der Waals surface area contributed by atoms with Crippen molar-refractivity contribution in [2.24, 2.45) is 4.99 Å². The van der Waals surface area contributed by atoms with Crippen molar-refractivity contribution in [3.05, 3.63) is 64.1 Å². The highest BCUT2D eigenvalue weighted by atomic mass is 35.5. The fraction of sp³-hybridized carbons (Fsp3) is 0.133. The quantitative estimate of drug-likeness (QED) is 0.636. The first kappa shape index (κ1) is 17.0. The second-order valence-corrected chi connectivity index (χ2v) is 7.02. The van der Waals surface area contributed by atoms with Gasteiger partial charge in [-0.2, -0.15) is 0 Å². The Labute approximate surface area is 139 Å². The lowest BCUT2D eigenvalue weighted by Crippen LogP contribution is -2.26. The van der Waals surface area contributed by atoms with Gasteiger partial charge in [-0.25, -0.2) is 13.1 Å². The molecule has 0 aromatic heterocycles. The van der Waals surface area contributed by atoms with Crippen LogP contribution in [0.3, 0.4) is 0 Å². The minimum Gasteiger partial charge on any atom is -0.291 e. The minimum absolute atomic E-state index is 0.207. The molecule has 1 N–H and O–H groups in total. The van der Waals surface area contributed by atoms with Gasteiger partial charge in [0.05, 0.1) is 16.5 Å². The first-order chi connectivity index (χ1) is 10.5. The van der Waals surface area contributed by atoms with E-state index in [1.54, 1.807) is 54.7 Å². The molecular weight excluding hydrogens is 343 g/mol. The van der Waals surface area contributed by atoms with E-state index in [-0.39, 0.29) is 11.4 Å². The van der Waals surface area contributed by atoms with Gasteiger partial charge < -0.3 is 0 Å². The maximum Gasteiger partial charge on any atom is 0.240 e. The Balaban J connectivity index is 1.88. The molecule has 2 rings (SSSR count). The Morgan fingerprint density at radius 1 is 1.09 bits per heavy atom. The molecule has 0 spiro atoms. The number of benzene rings is 2. The highest BCUT2D eigenvalue weighted by Gasteiger charge is 2.11. The van der Waals surface area contributed by atoms with Crippen LogP contribution in [0.15, 0.2) is 58.4 Å². The fourth-order valence-electron chi connectivity index (χ4n) is 1.70. The smallest absolute Gasteiger partial charge is 0.240 e. The third kappa shape index (κ3) is 4.81. The van der Waals surface area contributed by atoms with Crippen LogP contribution >= 0.6 is 23.2 Å². The molecule has 0 saturated heterocycles. The lowest BCUT2D eigenvalue weighted by molar-refractivity contribution is 0.582. The molecule has 7 heteroatoms. The summed E-state index contributed by atoms with van der Waals surface area (Å²) in [5.41, 5.74) is 0.733. The van der Waals surface area contributed by atoms with Crippen LogP contribution in [-0.4, -0.2) is 27.7 Å². The van der Waals surface area contributed by atoms with Crippen LogP contribution in [0, 0.1) is 0 Å². The van der Waals surface area contributed by atoms with Gasteiger partial charge in [0.15, 0.2) is 0 Å². The van der Waals surface area contributed by atoms with Crippen LogP contribution in [0.4, 0.5) is 0 Å². The Kier molecular flexibility index (Phi) is 5.97. The van der Waals surface area contributed by atoms with E-state index in [4.69, 9.17) is 23.2 Å². The van der Waals surface area contributed by atoms with E-state index >= 15 is 0 Å². The topological polar surface area (TPSA) is 58.5 Å². The summed E-state index contributed by atoms with van der Waals surface area (Å²) >= 11 is 11.8. The molecule has 0 amide bonds. The second-order valence-electron chi connectivity index (χ2n) is 4.41. The number of rotatable bonds is 6. The molecule has 22 heavy (non-hydrogen) atoms. The van der Waals surface area contributed by atoms with Crippen molar-refractivity contribution < 1.29 is 8.42 Å². The van der Waals surface area contributed by atoms with Gasteiger partial charge in [-0.15, -0.1) is 0 Å². The van der Waals surface area contributed by atoms with Gasteiger partial charge in [-0.3, -0.25) is 4.99 Å². The maximum atomic E-state index is 12.0. The summed E-state index contributed by atoms with van der Waals surface area (Å²) in [6.45, 7) is 0.518. The summed E-state index contributed by atoms with van der Waals surface area (Å²) in [5, 5.41) is 1.05. The Morgan fingerprint density at radius 3 is 2.50 bits per heavy atom. The third-order valence-corrected chi connectivity index (χ3v) is 4.82. The average molecular weight is 357 g/mol. The van der Waals surface area contributed by atoms with E-state index in [0.29, 0.717) is 16.6 Å². The van der Waals surface area contributed by atoms with Gasteiger partial charge in [-0.1, -0.05) is 47.5 Å². The zero-order valence-corrected chi connectivity index (χ0v) is 13.9. The third-order valence-electron chi connectivity index (χ3n) is 2.78. The molecule has 0 radical (unpaired) electrons. The maximum absolute atomic E-state index is 12.0. The van der Waals surface area contributed by atoms with E-state index in [1.807, 2.05) is 0 Å². The number of hydrogen-bond acceptors (Lipinski definition) is 3. The molecule has 0 aliphatic heterocycles. The van der Waals surface area contributed by atoms with Crippen LogP contribution in [0.5, 0.6) is 0 Å². The summed E-state index contributed by atoms with van der Waals surface area (Å²) in [6.07, 6.45) is 1.59. The van der Waals surface area contributed by atoms with Gasteiger partial charge in [0.25, 0.3) is 0 Å². The molecule has 0 saturated carbocycles. The van der Waals surface area contributed by atoms with Crippen LogP contribution in [0.25, 0.3) is 0 Å². The predicted octanol–water partition coefficient (Wildman–Crippen LogP) is 3.39. The predicted molar refractivity (Wildman–Crippen MR) is 90.6 cm³/mol. The van der Waals surface area contributed by atoms with Crippen molar-refractivity contribution in [1.82, 2.24) is 4.72 Å². The summed E-state index contributed by atoms with van der Waals surface area (Å²) < 4.78 is 26.4. The van der Waals surface area contributed by atoms with Crippen LogP contribution in [-0.2, 0) is 10.0 Å². The van der Waals surface area contributed by atoms with Gasteiger partial charge in [-0.05, 0) is 24.3 Å². The summed E-state index contributed by atoms with van der Waals surface area (Å²) in [4.78, 5) is 4.39. The van der Waals surface area contributed by atoms with E-state index in [2.05, 4.69) is 9.71 Å². The van der Waals surface area contributed by atoms with Crippen LogP contribution < -0.4 is 4.72 Å². The standard InChI is InChI=1S/C15H14Cl2N2O2S/c16-13-7-6-12(15(17)10-13)11-18-8-9-19-22(20,21)14-4-2-1-3-5-14/h1-7,10-11,19H,8-9H2. The molecule has 0 atom stereocenters. The number of halogens is 2. The number of nitrogens with one attached hydrogen (secondary N) is 1. The van der Waals surface area contributed by atoms with Crippen molar-refractivity contribution in [2.75, 3.05) is 13.1 Å². The summed E-state index contributed by atoms with van der Waals surface area (Å²) in [6, 6.07) is 13.3. The summed E-state index contributed by atoms with van der Waals surface area (Å²) in [5.74, 6) is 0. The van der Waals surface area contributed by atoms with E-state index < -0.39 is 10.0 Å². The van der Waals surface area contributed by atoms with Gasteiger partial charge >= 0.3 is 0 Å². The number of aliphatic imine (C=N–C) groups is 1. The number of sulfonamides is 1. The largest absolute Gasteiger partial charge is 0.291 e. The highest BCUT2D eigenvalue weighted by Crippen LogP contribution is 2.19. The van der Waals surface area contributed by atoms with Crippen LogP contribution in [0.1, 0.15) is 5.56 Å². The molecule has 0 aliphatic carbocycles. The minimum atomic E-state index is -3.49. The SMILES string of the molecule is O=S(=O)(NCCN=Cc1ccc(Cl)cc1Cl)c1ccccc1. The Bertz CT molecular complexity index is 762. The van der Waals surface area contributed by atoms with E-state index in [1.165, 1.54) is 0 Å². The molecule has 2 aromatic rings. The fourth-order valence-corrected chi connectivity index (χ4v) is 3.20. The second kappa shape index (κ2) is 7.74. The van der Waals surface area contributed by atoms with Crippen molar-refractivity contribution in [1.29, 1.82) is 0 Å². The Hall–Kier alpha value is -1.40. The lowest BCUT2D eigenvalue weighted by Gasteiger charge is -2.04. The first-order valence-electron chi connectivity index (χ1n) is 6.48.